The molecule has 0 aliphatic carbocycles. The van der Waals surface area contributed by atoms with Crippen LogP contribution in [0.3, 0.4) is 0 Å². The number of nitrogens with zero attached hydrogens (tertiary/aromatic N) is 2. The predicted octanol–water partition coefficient (Wildman–Crippen LogP) is 5.24. The molecule has 1 amide bonds. The summed E-state index contributed by atoms with van der Waals surface area (Å²) in [6.07, 6.45) is 1.67. The highest BCUT2D eigenvalue weighted by atomic mass is 79.9. The molecule has 2 aromatic carbocycles. The molecule has 5 nitrogen and oxygen atoms in total. The van der Waals surface area contributed by atoms with Gasteiger partial charge in [0.25, 0.3) is 5.91 Å². The average molecular weight is 441 g/mol. The van der Waals surface area contributed by atoms with Crippen molar-refractivity contribution in [2.45, 2.75) is 6.73 Å². The van der Waals surface area contributed by atoms with E-state index in [0.29, 0.717) is 21.5 Å². The number of ether oxygens (including phenoxy) is 1. The second-order valence-electron chi connectivity index (χ2n) is 5.05. The lowest BCUT2D eigenvalue weighted by Crippen LogP contribution is -2.14. The van der Waals surface area contributed by atoms with Crippen LogP contribution in [0.4, 0.5) is 5.69 Å². The maximum absolute atomic E-state index is 12.2. The number of hydrogen-bond donors (Lipinski definition) is 1. The highest BCUT2D eigenvalue weighted by Crippen LogP contribution is 2.25. The van der Waals surface area contributed by atoms with Crippen LogP contribution in [0.1, 0.15) is 10.5 Å². The van der Waals surface area contributed by atoms with Gasteiger partial charge in [-0.25, -0.2) is 4.68 Å². The van der Waals surface area contributed by atoms with Gasteiger partial charge < -0.3 is 10.1 Å². The molecule has 0 fully saturated rings. The molecule has 128 valence electrons. The zero-order chi connectivity index (χ0) is 17.8. The van der Waals surface area contributed by atoms with Crippen LogP contribution in [0.2, 0.25) is 10.0 Å². The summed E-state index contributed by atoms with van der Waals surface area (Å²) >= 11 is 15.2. The number of nitrogens with one attached hydrogen (secondary N) is 1. The van der Waals surface area contributed by atoms with Crippen molar-refractivity contribution in [3.8, 4) is 5.75 Å². The average Bonchev–Trinajstić information content (AvgIpc) is 3.07. The fourth-order valence-electron chi connectivity index (χ4n) is 2.00. The van der Waals surface area contributed by atoms with Crippen LogP contribution in [0.25, 0.3) is 0 Å². The van der Waals surface area contributed by atoms with Gasteiger partial charge in [-0.1, -0.05) is 39.1 Å². The summed E-state index contributed by atoms with van der Waals surface area (Å²) in [5.74, 6) is 0.362. The third-order valence-corrected chi connectivity index (χ3v) is 4.50. The lowest BCUT2D eigenvalue weighted by molar-refractivity contribution is 0.102. The Morgan fingerprint density at radius 3 is 2.60 bits per heavy atom. The van der Waals surface area contributed by atoms with Crippen LogP contribution in [0, 0.1) is 0 Å². The summed E-state index contributed by atoms with van der Waals surface area (Å²) in [6, 6.07) is 13.9. The topological polar surface area (TPSA) is 56.2 Å². The van der Waals surface area contributed by atoms with Gasteiger partial charge in [-0.2, -0.15) is 5.10 Å². The zero-order valence-corrected chi connectivity index (χ0v) is 15.8. The highest BCUT2D eigenvalue weighted by molar-refractivity contribution is 9.10. The van der Waals surface area contributed by atoms with Crippen LogP contribution in [-0.4, -0.2) is 15.7 Å². The number of anilines is 1. The van der Waals surface area contributed by atoms with Crippen LogP contribution in [0.5, 0.6) is 5.75 Å². The van der Waals surface area contributed by atoms with Crippen LogP contribution >= 0.6 is 39.1 Å². The first-order chi connectivity index (χ1) is 12.0. The normalized spacial score (nSPS) is 10.5. The third-order valence-electron chi connectivity index (χ3n) is 3.23. The molecule has 0 aliphatic heterocycles. The van der Waals surface area contributed by atoms with Gasteiger partial charge in [0.05, 0.1) is 10.0 Å². The fourth-order valence-corrected chi connectivity index (χ4v) is 2.56. The quantitative estimate of drug-likeness (QED) is 0.590. The molecule has 0 bridgehead atoms. The number of benzene rings is 2. The number of rotatable bonds is 5. The van der Waals surface area contributed by atoms with Crippen molar-refractivity contribution in [1.29, 1.82) is 0 Å². The van der Waals surface area contributed by atoms with Crippen molar-refractivity contribution >= 4 is 50.7 Å². The number of carbonyl (C=O) groups is 1. The first-order valence-electron chi connectivity index (χ1n) is 7.19. The molecule has 0 unspecified atom stereocenters. The number of carbonyl (C=O) groups excluding carboxylic acids is 1. The van der Waals surface area contributed by atoms with E-state index in [9.17, 15) is 4.79 Å². The molecule has 1 N–H and O–H groups in total. The molecule has 0 saturated carbocycles. The minimum Gasteiger partial charge on any atom is -0.471 e. The number of halogens is 3. The Labute approximate surface area is 162 Å². The summed E-state index contributed by atoms with van der Waals surface area (Å²) in [7, 11) is 0. The van der Waals surface area contributed by atoms with E-state index < -0.39 is 0 Å². The molecule has 3 rings (SSSR count). The molecule has 0 atom stereocenters. The number of hydrogen-bond acceptors (Lipinski definition) is 3. The van der Waals surface area contributed by atoms with Crippen molar-refractivity contribution in [2.24, 2.45) is 0 Å². The SMILES string of the molecule is O=C(Nc1ccc(Cl)c(Cl)c1)c1ccn(COc2ccc(Br)cc2)n1. The van der Waals surface area contributed by atoms with Gasteiger partial charge in [-0.15, -0.1) is 0 Å². The summed E-state index contributed by atoms with van der Waals surface area (Å²) in [5, 5.41) is 7.70. The maximum atomic E-state index is 12.2. The molecule has 0 radical (unpaired) electrons. The Hall–Kier alpha value is -2.02. The van der Waals surface area contributed by atoms with E-state index in [0.717, 1.165) is 4.47 Å². The fraction of sp³-hybridized carbons (Fsp3) is 0.0588. The van der Waals surface area contributed by atoms with Crippen molar-refractivity contribution in [2.75, 3.05) is 5.32 Å². The maximum Gasteiger partial charge on any atom is 0.276 e. The van der Waals surface area contributed by atoms with Crippen LogP contribution < -0.4 is 10.1 Å². The van der Waals surface area contributed by atoms with Crippen molar-refractivity contribution in [3.63, 3.8) is 0 Å². The highest BCUT2D eigenvalue weighted by Gasteiger charge is 2.11. The van der Waals surface area contributed by atoms with Crippen LogP contribution in [-0.2, 0) is 6.73 Å². The summed E-state index contributed by atoms with van der Waals surface area (Å²) < 4.78 is 8.11. The van der Waals surface area contributed by atoms with Gasteiger partial charge in [0.15, 0.2) is 12.4 Å². The van der Waals surface area contributed by atoms with Crippen molar-refractivity contribution < 1.29 is 9.53 Å². The van der Waals surface area contributed by atoms with E-state index in [1.807, 2.05) is 24.3 Å². The van der Waals surface area contributed by atoms with Crippen molar-refractivity contribution in [1.82, 2.24) is 9.78 Å². The Kier molecular flexibility index (Phi) is 5.63. The van der Waals surface area contributed by atoms with E-state index in [1.165, 1.54) is 4.68 Å². The summed E-state index contributed by atoms with van der Waals surface area (Å²) in [4.78, 5) is 12.2. The zero-order valence-electron chi connectivity index (χ0n) is 12.7. The lowest BCUT2D eigenvalue weighted by Gasteiger charge is -2.06. The standard InChI is InChI=1S/C17H12BrCl2N3O2/c18-11-1-4-13(5-2-11)25-10-23-8-7-16(22-23)17(24)21-12-3-6-14(19)15(20)9-12/h1-9H,10H2,(H,21,24). The molecular weight excluding hydrogens is 429 g/mol. The van der Waals surface area contributed by atoms with E-state index in [1.54, 1.807) is 30.5 Å². The van der Waals surface area contributed by atoms with E-state index in [-0.39, 0.29) is 18.3 Å². The van der Waals surface area contributed by atoms with E-state index in [4.69, 9.17) is 27.9 Å². The van der Waals surface area contributed by atoms with Crippen LogP contribution in [0.15, 0.2) is 59.2 Å². The molecule has 1 aromatic heterocycles. The van der Waals surface area contributed by atoms with Gasteiger partial charge in [0.1, 0.15) is 5.75 Å². The Morgan fingerprint density at radius 2 is 1.88 bits per heavy atom. The molecule has 0 aliphatic rings. The van der Waals surface area contributed by atoms with Gasteiger partial charge in [-0.3, -0.25) is 4.79 Å². The Bertz CT molecular complexity index is 897. The molecular formula is C17H12BrCl2N3O2. The molecule has 25 heavy (non-hydrogen) atoms. The van der Waals surface area contributed by atoms with Gasteiger partial charge in [-0.05, 0) is 48.5 Å². The largest absolute Gasteiger partial charge is 0.471 e. The Balaban J connectivity index is 1.61. The molecule has 1 heterocycles. The molecule has 0 saturated heterocycles. The molecule has 0 spiro atoms. The first-order valence-corrected chi connectivity index (χ1v) is 8.74. The predicted molar refractivity (Wildman–Crippen MR) is 101 cm³/mol. The summed E-state index contributed by atoms with van der Waals surface area (Å²) in [6.45, 7) is 0.196. The first kappa shape index (κ1) is 17.8. The smallest absolute Gasteiger partial charge is 0.276 e. The van der Waals surface area contributed by atoms with E-state index in [2.05, 4.69) is 26.3 Å². The number of amides is 1. The third kappa shape index (κ3) is 4.75. The monoisotopic (exact) mass is 439 g/mol. The lowest BCUT2D eigenvalue weighted by atomic mass is 10.3. The minimum absolute atomic E-state index is 0.196. The summed E-state index contributed by atoms with van der Waals surface area (Å²) in [5.41, 5.74) is 0.811. The van der Waals surface area contributed by atoms with Gasteiger partial charge >= 0.3 is 0 Å². The van der Waals surface area contributed by atoms with Gasteiger partial charge in [0.2, 0.25) is 0 Å². The second kappa shape index (κ2) is 7.91. The van der Waals surface area contributed by atoms with Gasteiger partial charge in [0, 0.05) is 16.4 Å². The minimum atomic E-state index is -0.346. The Morgan fingerprint density at radius 1 is 1.12 bits per heavy atom. The molecule has 3 aromatic rings. The molecule has 8 heteroatoms. The van der Waals surface area contributed by atoms with E-state index >= 15 is 0 Å². The number of aromatic nitrogens is 2. The second-order valence-corrected chi connectivity index (χ2v) is 6.78. The van der Waals surface area contributed by atoms with Crippen molar-refractivity contribution in [3.05, 3.63) is 74.9 Å².